The molecule has 3 heteroatoms. The summed E-state index contributed by atoms with van der Waals surface area (Å²) in [6.07, 6.45) is 0. The van der Waals surface area contributed by atoms with Gasteiger partial charge >= 0.3 is 0 Å². The van der Waals surface area contributed by atoms with E-state index in [1.165, 1.54) is 61.2 Å². The summed E-state index contributed by atoms with van der Waals surface area (Å²) in [5.41, 5.74) is 19.9. The van der Waals surface area contributed by atoms with Crippen molar-refractivity contribution >= 4 is 0 Å². The molecule has 0 atom stereocenters. The van der Waals surface area contributed by atoms with Gasteiger partial charge in [0.2, 0.25) is 0 Å². The summed E-state index contributed by atoms with van der Waals surface area (Å²) < 4.78 is 0. The van der Waals surface area contributed by atoms with E-state index >= 15 is 0 Å². The Kier molecular flexibility index (Phi) is 8.07. The molecule has 0 N–H and O–H groups in total. The SMILES string of the molecule is c1ccc(-c2ccc(-c3ccc(-c4nc(-c5ccccc5)nc(-c5cccc(-c6cccc7c6-c6ccccc6C76c7ccccc7-c7ccccc76)c5)n4)cc3)cc2)cc1. The summed E-state index contributed by atoms with van der Waals surface area (Å²) in [5, 5.41) is 0. The molecule has 1 aromatic heterocycles. The van der Waals surface area contributed by atoms with E-state index in [-0.39, 0.29) is 0 Å². The van der Waals surface area contributed by atoms with Crippen molar-refractivity contribution in [3.8, 4) is 89.8 Å². The van der Waals surface area contributed by atoms with Gasteiger partial charge in [0, 0.05) is 16.7 Å². The van der Waals surface area contributed by atoms with E-state index in [0.29, 0.717) is 17.5 Å². The van der Waals surface area contributed by atoms with Gasteiger partial charge in [-0.15, -0.1) is 0 Å². The van der Waals surface area contributed by atoms with Gasteiger partial charge in [-0.05, 0) is 84.0 Å². The lowest BCUT2D eigenvalue weighted by atomic mass is 9.70. The van der Waals surface area contributed by atoms with Crippen LogP contribution in [0.4, 0.5) is 0 Å². The summed E-state index contributed by atoms with van der Waals surface area (Å²) in [6.45, 7) is 0. The smallest absolute Gasteiger partial charge is 0.164 e. The Balaban J connectivity index is 0.962. The zero-order valence-corrected chi connectivity index (χ0v) is 33.2. The first-order chi connectivity index (χ1) is 30.2. The molecule has 3 nitrogen and oxygen atoms in total. The average Bonchev–Trinajstić information content (AvgIpc) is 3.82. The lowest BCUT2D eigenvalue weighted by Gasteiger charge is -2.30. The molecule has 0 saturated heterocycles. The molecular weight excluding hydrogens is 739 g/mol. The van der Waals surface area contributed by atoms with Gasteiger partial charge in [-0.1, -0.05) is 218 Å². The van der Waals surface area contributed by atoms with E-state index in [0.717, 1.165) is 33.4 Å². The largest absolute Gasteiger partial charge is 0.208 e. The number of nitrogens with zero attached hydrogens (tertiary/aromatic N) is 3. The second-order valence-corrected chi connectivity index (χ2v) is 15.9. The van der Waals surface area contributed by atoms with Crippen LogP contribution in [0.2, 0.25) is 0 Å². The maximum atomic E-state index is 5.18. The maximum absolute atomic E-state index is 5.18. The third kappa shape index (κ3) is 5.55. The zero-order valence-electron chi connectivity index (χ0n) is 33.2. The molecule has 2 aliphatic carbocycles. The summed E-state index contributed by atoms with van der Waals surface area (Å²) in [5.74, 6) is 1.91. The molecule has 2 aliphatic rings. The van der Waals surface area contributed by atoms with Crippen LogP contribution in [0.5, 0.6) is 0 Å². The monoisotopic (exact) mass is 775 g/mol. The minimum Gasteiger partial charge on any atom is -0.208 e. The van der Waals surface area contributed by atoms with E-state index < -0.39 is 5.41 Å². The molecule has 12 rings (SSSR count). The van der Waals surface area contributed by atoms with Crippen LogP contribution < -0.4 is 0 Å². The Morgan fingerprint density at radius 3 is 1.15 bits per heavy atom. The highest BCUT2D eigenvalue weighted by Gasteiger charge is 2.51. The van der Waals surface area contributed by atoms with E-state index in [4.69, 9.17) is 15.0 Å². The van der Waals surface area contributed by atoms with Crippen LogP contribution in [0.1, 0.15) is 22.3 Å². The normalized spacial score (nSPS) is 12.7. The van der Waals surface area contributed by atoms with E-state index in [2.05, 4.69) is 200 Å². The van der Waals surface area contributed by atoms with Crippen LogP contribution in [0.25, 0.3) is 89.8 Å². The zero-order chi connectivity index (χ0) is 40.3. The van der Waals surface area contributed by atoms with Crippen LogP contribution in [0.3, 0.4) is 0 Å². The molecule has 0 unspecified atom stereocenters. The van der Waals surface area contributed by atoms with Crippen LogP contribution >= 0.6 is 0 Å². The van der Waals surface area contributed by atoms with Gasteiger partial charge in [0.05, 0.1) is 5.41 Å². The van der Waals surface area contributed by atoms with Gasteiger partial charge in [0.1, 0.15) is 0 Å². The Morgan fingerprint density at radius 2 is 0.574 bits per heavy atom. The van der Waals surface area contributed by atoms with Crippen molar-refractivity contribution in [3.63, 3.8) is 0 Å². The Labute approximate surface area is 355 Å². The molecule has 1 heterocycles. The van der Waals surface area contributed by atoms with Crippen LogP contribution in [0, 0.1) is 0 Å². The lowest BCUT2D eigenvalue weighted by molar-refractivity contribution is 0.794. The van der Waals surface area contributed by atoms with Gasteiger partial charge in [-0.2, -0.15) is 0 Å². The number of fused-ring (bicyclic) bond motifs is 10. The minimum absolute atomic E-state index is 0.401. The van der Waals surface area contributed by atoms with Gasteiger partial charge in [-0.25, -0.2) is 15.0 Å². The standard InChI is InChI=1S/C58H37N3/c1-3-15-38(16-4-1)39-29-31-40(32-30-39)41-33-35-43(36-34-41)56-59-55(42-17-5-2-6-18-42)60-57(61-56)45-20-13-19-44(37-45)46-24-14-28-53-54(46)49-23-9-12-27-52(49)58(53)50-25-10-7-21-47(50)48-22-8-11-26-51(48)58/h1-37H. The summed E-state index contributed by atoms with van der Waals surface area (Å²) >= 11 is 0. The van der Waals surface area contributed by atoms with Crippen LogP contribution in [-0.4, -0.2) is 15.0 Å². The predicted molar refractivity (Wildman–Crippen MR) is 249 cm³/mol. The second-order valence-electron chi connectivity index (χ2n) is 15.9. The van der Waals surface area contributed by atoms with E-state index in [1.54, 1.807) is 0 Å². The Bertz CT molecular complexity index is 3230. The molecule has 0 saturated carbocycles. The van der Waals surface area contributed by atoms with Gasteiger partial charge in [-0.3, -0.25) is 0 Å². The molecule has 61 heavy (non-hydrogen) atoms. The van der Waals surface area contributed by atoms with Crippen molar-refractivity contribution in [2.24, 2.45) is 0 Å². The molecule has 0 bridgehead atoms. The molecule has 0 radical (unpaired) electrons. The van der Waals surface area contributed by atoms with Crippen LogP contribution in [-0.2, 0) is 5.41 Å². The summed E-state index contributed by atoms with van der Waals surface area (Å²) in [4.78, 5) is 15.4. The fourth-order valence-corrected chi connectivity index (χ4v) is 9.86. The predicted octanol–water partition coefficient (Wildman–Crippen LogP) is 14.2. The molecule has 0 amide bonds. The first kappa shape index (κ1) is 35.0. The summed E-state index contributed by atoms with van der Waals surface area (Å²) in [7, 11) is 0. The number of hydrogen-bond donors (Lipinski definition) is 0. The number of rotatable bonds is 6. The molecule has 0 fully saturated rings. The first-order valence-electron chi connectivity index (χ1n) is 20.9. The Morgan fingerprint density at radius 1 is 0.230 bits per heavy atom. The minimum atomic E-state index is -0.401. The third-order valence-electron chi connectivity index (χ3n) is 12.6. The fourth-order valence-electron chi connectivity index (χ4n) is 9.86. The Hall–Kier alpha value is -8.01. The number of aromatic nitrogens is 3. The molecule has 0 aliphatic heterocycles. The van der Waals surface area contributed by atoms with Crippen molar-refractivity contribution in [2.45, 2.75) is 5.41 Å². The fraction of sp³-hybridized carbons (Fsp3) is 0.0172. The van der Waals surface area contributed by atoms with Crippen molar-refractivity contribution in [1.82, 2.24) is 15.0 Å². The van der Waals surface area contributed by atoms with Gasteiger partial charge in [0.25, 0.3) is 0 Å². The average molecular weight is 776 g/mol. The lowest BCUT2D eigenvalue weighted by Crippen LogP contribution is -2.25. The first-order valence-corrected chi connectivity index (χ1v) is 20.9. The van der Waals surface area contributed by atoms with Crippen LogP contribution in [0.15, 0.2) is 224 Å². The van der Waals surface area contributed by atoms with Crippen molar-refractivity contribution in [2.75, 3.05) is 0 Å². The highest BCUT2D eigenvalue weighted by Crippen LogP contribution is 2.63. The van der Waals surface area contributed by atoms with Gasteiger partial charge in [0.15, 0.2) is 17.5 Å². The molecule has 9 aromatic carbocycles. The van der Waals surface area contributed by atoms with Crippen molar-refractivity contribution in [3.05, 3.63) is 247 Å². The molecule has 284 valence electrons. The quantitative estimate of drug-likeness (QED) is 0.169. The highest BCUT2D eigenvalue weighted by atomic mass is 15.0. The van der Waals surface area contributed by atoms with E-state index in [1.807, 2.05) is 24.3 Å². The number of hydrogen-bond acceptors (Lipinski definition) is 3. The highest BCUT2D eigenvalue weighted by molar-refractivity contribution is 6.00. The second kappa shape index (κ2) is 14.1. The maximum Gasteiger partial charge on any atom is 0.164 e. The summed E-state index contributed by atoms with van der Waals surface area (Å²) in [6, 6.07) is 80.4. The third-order valence-corrected chi connectivity index (χ3v) is 12.6. The van der Waals surface area contributed by atoms with Gasteiger partial charge < -0.3 is 0 Å². The topological polar surface area (TPSA) is 38.7 Å². The van der Waals surface area contributed by atoms with E-state index in [9.17, 15) is 0 Å². The molecular formula is C58H37N3. The molecule has 1 spiro atoms. The number of benzene rings is 9. The molecule has 10 aromatic rings. The van der Waals surface area contributed by atoms with Crippen molar-refractivity contribution in [1.29, 1.82) is 0 Å². The van der Waals surface area contributed by atoms with Crippen molar-refractivity contribution < 1.29 is 0 Å².